The lowest BCUT2D eigenvalue weighted by Crippen LogP contribution is -2.11. The second-order valence-corrected chi connectivity index (χ2v) is 8.53. The van der Waals surface area contributed by atoms with E-state index in [-0.39, 0.29) is 15.6 Å². The standard InChI is InChI=1S/C10H7Br2NO3S2/c11-6-2-1-3-7(10(6)14)13-18(15,16)9-5-4-8(12)17-9/h1-5,13-14H. The lowest BCUT2D eigenvalue weighted by molar-refractivity contribution is 0.474. The molecule has 0 atom stereocenters. The minimum absolute atomic E-state index is 0.133. The first kappa shape index (κ1) is 13.9. The Bertz CT molecular complexity index is 682. The highest BCUT2D eigenvalue weighted by molar-refractivity contribution is 9.11. The molecule has 1 aromatic heterocycles. The van der Waals surface area contributed by atoms with Crippen LogP contribution in [0.1, 0.15) is 0 Å². The van der Waals surface area contributed by atoms with Crippen molar-refractivity contribution in [3.63, 3.8) is 0 Å². The van der Waals surface area contributed by atoms with Crippen LogP contribution in [0.4, 0.5) is 5.69 Å². The molecule has 18 heavy (non-hydrogen) atoms. The SMILES string of the molecule is O=S(=O)(Nc1cccc(Br)c1O)c1ccc(Br)s1. The molecule has 4 nitrogen and oxygen atoms in total. The Balaban J connectivity index is 2.37. The van der Waals surface area contributed by atoms with Crippen LogP contribution in [0.3, 0.4) is 0 Å². The van der Waals surface area contributed by atoms with Gasteiger partial charge in [0.2, 0.25) is 0 Å². The van der Waals surface area contributed by atoms with Gasteiger partial charge in [-0.1, -0.05) is 6.07 Å². The fourth-order valence-electron chi connectivity index (χ4n) is 1.23. The number of benzene rings is 1. The van der Waals surface area contributed by atoms with Gasteiger partial charge in [-0.05, 0) is 56.1 Å². The summed E-state index contributed by atoms with van der Waals surface area (Å²) < 4.78 is 27.7. The molecule has 0 fully saturated rings. The Morgan fingerprint density at radius 1 is 1.17 bits per heavy atom. The second kappa shape index (κ2) is 5.20. The third-order valence-corrected chi connectivity index (χ3v) is 6.17. The molecule has 1 heterocycles. The number of anilines is 1. The zero-order valence-electron chi connectivity index (χ0n) is 8.72. The Morgan fingerprint density at radius 2 is 1.89 bits per heavy atom. The van der Waals surface area contributed by atoms with E-state index in [4.69, 9.17) is 0 Å². The van der Waals surface area contributed by atoms with Crippen LogP contribution in [0.15, 0.2) is 42.8 Å². The van der Waals surface area contributed by atoms with E-state index >= 15 is 0 Å². The summed E-state index contributed by atoms with van der Waals surface area (Å²) in [6, 6.07) is 7.88. The van der Waals surface area contributed by atoms with Gasteiger partial charge in [0.05, 0.1) is 13.9 Å². The summed E-state index contributed by atoms with van der Waals surface area (Å²) in [5.41, 5.74) is 0.133. The zero-order valence-corrected chi connectivity index (χ0v) is 13.5. The van der Waals surface area contributed by atoms with Crippen LogP contribution in [0.25, 0.3) is 0 Å². The van der Waals surface area contributed by atoms with Crippen molar-refractivity contribution in [3.8, 4) is 5.75 Å². The van der Waals surface area contributed by atoms with Crippen molar-refractivity contribution >= 4 is 58.9 Å². The first-order valence-electron chi connectivity index (χ1n) is 4.66. The molecule has 0 amide bonds. The van der Waals surface area contributed by atoms with Gasteiger partial charge in [0.1, 0.15) is 4.21 Å². The number of phenols is 1. The molecule has 0 unspecified atom stereocenters. The summed E-state index contributed by atoms with van der Waals surface area (Å²) in [6.45, 7) is 0. The highest BCUT2D eigenvalue weighted by Gasteiger charge is 2.18. The normalized spacial score (nSPS) is 11.4. The van der Waals surface area contributed by atoms with Gasteiger partial charge in [-0.15, -0.1) is 11.3 Å². The van der Waals surface area contributed by atoms with Crippen LogP contribution >= 0.6 is 43.2 Å². The molecule has 0 bridgehead atoms. The molecule has 0 aliphatic rings. The molecule has 0 radical (unpaired) electrons. The molecule has 0 aliphatic heterocycles. The van der Waals surface area contributed by atoms with Crippen molar-refractivity contribution in [2.75, 3.05) is 4.72 Å². The molecular weight excluding hydrogens is 406 g/mol. The van der Waals surface area contributed by atoms with Gasteiger partial charge in [0, 0.05) is 0 Å². The van der Waals surface area contributed by atoms with E-state index in [1.165, 1.54) is 12.1 Å². The Morgan fingerprint density at radius 3 is 2.50 bits per heavy atom. The number of para-hydroxylation sites is 1. The third kappa shape index (κ3) is 2.87. The van der Waals surface area contributed by atoms with Crippen LogP contribution in [-0.2, 0) is 10.0 Å². The van der Waals surface area contributed by atoms with E-state index in [1.54, 1.807) is 18.2 Å². The molecule has 2 rings (SSSR count). The van der Waals surface area contributed by atoms with Gasteiger partial charge in [0.25, 0.3) is 10.0 Å². The smallest absolute Gasteiger partial charge is 0.271 e. The third-order valence-electron chi connectivity index (χ3n) is 2.04. The minimum Gasteiger partial charge on any atom is -0.505 e. The maximum atomic E-state index is 12.0. The quantitative estimate of drug-likeness (QED) is 0.753. The van der Waals surface area contributed by atoms with E-state index in [1.807, 2.05) is 0 Å². The first-order valence-corrected chi connectivity index (χ1v) is 8.54. The fraction of sp³-hybridized carbons (Fsp3) is 0. The van der Waals surface area contributed by atoms with Crippen LogP contribution in [0.2, 0.25) is 0 Å². The monoisotopic (exact) mass is 411 g/mol. The molecule has 8 heteroatoms. The van der Waals surface area contributed by atoms with Crippen molar-refractivity contribution in [2.24, 2.45) is 0 Å². The lowest BCUT2D eigenvalue weighted by atomic mass is 10.3. The van der Waals surface area contributed by atoms with Crippen molar-refractivity contribution < 1.29 is 13.5 Å². The Labute approximate surface area is 125 Å². The highest BCUT2D eigenvalue weighted by Crippen LogP contribution is 2.34. The molecule has 0 spiro atoms. The summed E-state index contributed by atoms with van der Waals surface area (Å²) in [5, 5.41) is 9.73. The minimum atomic E-state index is -3.67. The number of rotatable bonds is 3. The maximum absolute atomic E-state index is 12.0. The van der Waals surface area contributed by atoms with E-state index in [0.717, 1.165) is 15.1 Å². The molecular formula is C10H7Br2NO3S2. The summed E-state index contributed by atoms with van der Waals surface area (Å²) in [7, 11) is -3.67. The van der Waals surface area contributed by atoms with Crippen LogP contribution in [0.5, 0.6) is 5.75 Å². The highest BCUT2D eigenvalue weighted by atomic mass is 79.9. The van der Waals surface area contributed by atoms with Crippen LogP contribution in [-0.4, -0.2) is 13.5 Å². The number of aromatic hydroxyl groups is 1. The number of nitrogens with one attached hydrogen (secondary N) is 1. The molecule has 1 aromatic carbocycles. The van der Waals surface area contributed by atoms with Gasteiger partial charge in [0.15, 0.2) is 5.75 Å². The van der Waals surface area contributed by atoms with E-state index < -0.39 is 10.0 Å². The summed E-state index contributed by atoms with van der Waals surface area (Å²) in [6.07, 6.45) is 0. The van der Waals surface area contributed by atoms with Crippen molar-refractivity contribution in [1.82, 2.24) is 0 Å². The predicted octanol–water partition coefficient (Wildman–Crippen LogP) is 3.78. The molecule has 0 saturated heterocycles. The summed E-state index contributed by atoms with van der Waals surface area (Å²) in [5.74, 6) is -0.142. The molecule has 0 aliphatic carbocycles. The van der Waals surface area contributed by atoms with Crippen molar-refractivity contribution in [2.45, 2.75) is 4.21 Å². The average Bonchev–Trinajstić information content (AvgIpc) is 2.72. The Hall–Kier alpha value is -0.570. The van der Waals surface area contributed by atoms with Crippen molar-refractivity contribution in [1.29, 1.82) is 0 Å². The van der Waals surface area contributed by atoms with Gasteiger partial charge in [-0.25, -0.2) is 8.42 Å². The predicted molar refractivity (Wildman–Crippen MR) is 78.6 cm³/mol. The largest absolute Gasteiger partial charge is 0.505 e. The number of hydrogen-bond acceptors (Lipinski definition) is 4. The first-order chi connectivity index (χ1) is 8.40. The molecule has 0 saturated carbocycles. The van der Waals surface area contributed by atoms with E-state index in [0.29, 0.717) is 4.47 Å². The number of halogens is 2. The van der Waals surface area contributed by atoms with E-state index in [9.17, 15) is 13.5 Å². The van der Waals surface area contributed by atoms with E-state index in [2.05, 4.69) is 36.6 Å². The fourth-order valence-corrected chi connectivity index (χ4v) is 4.68. The number of sulfonamides is 1. The Kier molecular flexibility index (Phi) is 4.00. The summed E-state index contributed by atoms with van der Waals surface area (Å²) in [4.78, 5) is 0. The zero-order chi connectivity index (χ0) is 13.3. The van der Waals surface area contributed by atoms with Crippen LogP contribution in [0, 0.1) is 0 Å². The van der Waals surface area contributed by atoms with Gasteiger partial charge in [-0.3, -0.25) is 4.72 Å². The maximum Gasteiger partial charge on any atom is 0.271 e. The average molecular weight is 413 g/mol. The number of phenolic OH excluding ortho intramolecular Hbond substituents is 1. The van der Waals surface area contributed by atoms with Gasteiger partial charge >= 0.3 is 0 Å². The second-order valence-electron chi connectivity index (χ2n) is 3.30. The van der Waals surface area contributed by atoms with Gasteiger partial charge in [-0.2, -0.15) is 0 Å². The molecule has 2 N–H and O–H groups in total. The lowest BCUT2D eigenvalue weighted by Gasteiger charge is -2.08. The van der Waals surface area contributed by atoms with Crippen molar-refractivity contribution in [3.05, 3.63) is 38.6 Å². The molecule has 96 valence electrons. The summed E-state index contributed by atoms with van der Waals surface area (Å²) >= 11 is 7.43. The number of thiophene rings is 1. The van der Waals surface area contributed by atoms with Gasteiger partial charge < -0.3 is 5.11 Å². The number of hydrogen-bond donors (Lipinski definition) is 2. The molecule has 2 aromatic rings. The van der Waals surface area contributed by atoms with Crippen LogP contribution < -0.4 is 4.72 Å². The topological polar surface area (TPSA) is 66.4 Å².